The Labute approximate surface area is 167 Å². The van der Waals surface area contributed by atoms with Crippen LogP contribution in [0, 0.1) is 0 Å². The molecule has 1 aromatic heterocycles. The van der Waals surface area contributed by atoms with Gasteiger partial charge >= 0.3 is 5.97 Å². The maximum absolute atomic E-state index is 12.4. The second-order valence-electron chi connectivity index (χ2n) is 5.77. The van der Waals surface area contributed by atoms with Gasteiger partial charge < -0.3 is 4.84 Å². The summed E-state index contributed by atoms with van der Waals surface area (Å²) in [7, 11) is 0. The summed E-state index contributed by atoms with van der Waals surface area (Å²) in [5.74, 6) is -0.432. The second-order valence-corrected chi connectivity index (χ2v) is 7.60. The number of aromatic nitrogens is 1. The lowest BCUT2D eigenvalue weighted by Gasteiger charge is -2.06. The first kappa shape index (κ1) is 17.1. The molecule has 4 aromatic rings. The van der Waals surface area contributed by atoms with E-state index in [2.05, 4.69) is 31.9 Å². The zero-order valence-electron chi connectivity index (χ0n) is 13.5. The Morgan fingerprint density at radius 2 is 1.42 bits per heavy atom. The van der Waals surface area contributed by atoms with Crippen molar-refractivity contribution in [1.82, 2.24) is 4.73 Å². The van der Waals surface area contributed by atoms with Crippen LogP contribution < -0.4 is 4.84 Å². The highest BCUT2D eigenvalue weighted by molar-refractivity contribution is 9.10. The fourth-order valence-corrected chi connectivity index (χ4v) is 3.60. The van der Waals surface area contributed by atoms with Gasteiger partial charge in [0.05, 0.1) is 11.0 Å². The third-order valence-electron chi connectivity index (χ3n) is 4.04. The van der Waals surface area contributed by atoms with E-state index in [9.17, 15) is 4.79 Å². The maximum Gasteiger partial charge on any atom is 0.356 e. The van der Waals surface area contributed by atoms with Gasteiger partial charge in [0.1, 0.15) is 0 Å². The van der Waals surface area contributed by atoms with E-state index in [1.54, 1.807) is 10.8 Å². The minimum atomic E-state index is -0.432. The van der Waals surface area contributed by atoms with Crippen LogP contribution in [0.25, 0.3) is 27.9 Å². The predicted octanol–water partition coefficient (Wildman–Crippen LogP) is 5.99. The van der Waals surface area contributed by atoms with Crippen LogP contribution in [-0.4, -0.2) is 10.7 Å². The summed E-state index contributed by atoms with van der Waals surface area (Å²) in [5.41, 5.74) is 2.62. The van der Waals surface area contributed by atoms with E-state index in [-0.39, 0.29) is 0 Å². The number of hydrogen-bond acceptors (Lipinski definition) is 2. The molecule has 0 N–H and O–H groups in total. The van der Waals surface area contributed by atoms with Crippen molar-refractivity contribution in [2.45, 2.75) is 0 Å². The van der Waals surface area contributed by atoms with Crippen molar-refractivity contribution >= 4 is 65.7 Å². The van der Waals surface area contributed by atoms with Crippen molar-refractivity contribution in [2.75, 3.05) is 0 Å². The Kier molecular flexibility index (Phi) is 4.66. The molecule has 3 aromatic carbocycles. The Bertz CT molecular complexity index is 1090. The standard InChI is InChI=1S/C21H13Br2NO2/c22-15-7-9-19-17(12-15)18-13-16(23)8-10-20(18)24(19)26-21(25)11-6-14-4-2-1-3-5-14/h1-13H/b11-6+. The molecule has 0 fully saturated rings. The van der Waals surface area contributed by atoms with Crippen LogP contribution in [0.1, 0.15) is 5.56 Å². The van der Waals surface area contributed by atoms with Gasteiger partial charge in [-0.1, -0.05) is 62.2 Å². The van der Waals surface area contributed by atoms with E-state index in [4.69, 9.17) is 4.84 Å². The molecule has 0 spiro atoms. The van der Waals surface area contributed by atoms with Crippen LogP contribution in [0.5, 0.6) is 0 Å². The molecule has 0 atom stereocenters. The average molecular weight is 471 g/mol. The average Bonchev–Trinajstić information content (AvgIpc) is 2.93. The molecule has 4 rings (SSSR count). The first-order valence-electron chi connectivity index (χ1n) is 7.96. The summed E-state index contributed by atoms with van der Waals surface area (Å²) in [6.45, 7) is 0. The fourth-order valence-electron chi connectivity index (χ4n) is 2.88. The van der Waals surface area contributed by atoms with Crippen molar-refractivity contribution in [3.63, 3.8) is 0 Å². The quantitative estimate of drug-likeness (QED) is 0.344. The lowest BCUT2D eigenvalue weighted by Crippen LogP contribution is -2.17. The van der Waals surface area contributed by atoms with Crippen LogP contribution in [0.4, 0.5) is 0 Å². The number of nitrogens with zero attached hydrogens (tertiary/aromatic N) is 1. The van der Waals surface area contributed by atoms with Crippen molar-refractivity contribution in [2.24, 2.45) is 0 Å². The maximum atomic E-state index is 12.4. The van der Waals surface area contributed by atoms with E-state index < -0.39 is 5.97 Å². The zero-order chi connectivity index (χ0) is 18.1. The van der Waals surface area contributed by atoms with E-state index in [0.717, 1.165) is 36.3 Å². The number of halogens is 2. The molecule has 1 heterocycles. The lowest BCUT2D eigenvalue weighted by molar-refractivity contribution is -0.137. The van der Waals surface area contributed by atoms with E-state index >= 15 is 0 Å². The molecule has 3 nitrogen and oxygen atoms in total. The van der Waals surface area contributed by atoms with Gasteiger partial charge in [0, 0.05) is 25.8 Å². The molecule has 5 heteroatoms. The van der Waals surface area contributed by atoms with Gasteiger partial charge in [-0.25, -0.2) is 4.79 Å². The molecule has 0 radical (unpaired) electrons. The van der Waals surface area contributed by atoms with E-state index in [0.29, 0.717) is 0 Å². The lowest BCUT2D eigenvalue weighted by atomic mass is 10.2. The Morgan fingerprint density at radius 1 is 0.846 bits per heavy atom. The molecule has 0 amide bonds. The zero-order valence-corrected chi connectivity index (χ0v) is 16.7. The highest BCUT2D eigenvalue weighted by Gasteiger charge is 2.14. The third-order valence-corrected chi connectivity index (χ3v) is 5.02. The molecule has 0 aliphatic rings. The smallest absolute Gasteiger partial charge is 0.331 e. The van der Waals surface area contributed by atoms with Crippen LogP contribution in [-0.2, 0) is 4.79 Å². The van der Waals surface area contributed by atoms with Gasteiger partial charge in [0.2, 0.25) is 0 Å². The van der Waals surface area contributed by atoms with Gasteiger partial charge in [-0.15, -0.1) is 0 Å². The number of fused-ring (bicyclic) bond motifs is 3. The fraction of sp³-hybridized carbons (Fsp3) is 0. The summed E-state index contributed by atoms with van der Waals surface area (Å²) >= 11 is 7.02. The Balaban J connectivity index is 1.75. The van der Waals surface area contributed by atoms with Crippen LogP contribution >= 0.6 is 31.9 Å². The number of rotatable bonds is 3. The van der Waals surface area contributed by atoms with Gasteiger partial charge in [-0.2, -0.15) is 4.73 Å². The molecule has 0 saturated heterocycles. The molecule has 0 aliphatic carbocycles. The van der Waals surface area contributed by atoms with Gasteiger partial charge in [-0.3, -0.25) is 0 Å². The van der Waals surface area contributed by atoms with Gasteiger partial charge in [0.15, 0.2) is 0 Å². The Morgan fingerprint density at radius 3 is 2.00 bits per heavy atom. The number of carbonyl (C=O) groups excluding carboxylic acids is 1. The van der Waals surface area contributed by atoms with Crippen LogP contribution in [0.3, 0.4) is 0 Å². The molecule has 26 heavy (non-hydrogen) atoms. The van der Waals surface area contributed by atoms with Crippen molar-refractivity contribution < 1.29 is 9.63 Å². The number of hydrogen-bond donors (Lipinski definition) is 0. The number of carbonyl (C=O) groups is 1. The second kappa shape index (κ2) is 7.09. The molecule has 0 unspecified atom stereocenters. The molecular formula is C21H13Br2NO2. The van der Waals surface area contributed by atoms with Gasteiger partial charge in [-0.05, 0) is 48.0 Å². The summed E-state index contributed by atoms with van der Waals surface area (Å²) in [5, 5.41) is 2.02. The minimum absolute atomic E-state index is 0.432. The van der Waals surface area contributed by atoms with Crippen molar-refractivity contribution in [1.29, 1.82) is 0 Å². The normalized spacial score (nSPS) is 11.5. The monoisotopic (exact) mass is 469 g/mol. The summed E-state index contributed by atoms with van der Waals surface area (Å²) in [4.78, 5) is 18.0. The largest absolute Gasteiger partial charge is 0.356 e. The highest BCUT2D eigenvalue weighted by atomic mass is 79.9. The number of benzene rings is 3. The molecule has 0 saturated carbocycles. The summed E-state index contributed by atoms with van der Waals surface area (Å²) in [6, 6.07) is 21.4. The Hall–Kier alpha value is -2.37. The highest BCUT2D eigenvalue weighted by Crippen LogP contribution is 2.32. The molecule has 0 bridgehead atoms. The van der Waals surface area contributed by atoms with Crippen molar-refractivity contribution in [3.05, 3.63) is 87.3 Å². The summed E-state index contributed by atoms with van der Waals surface area (Å²) in [6.07, 6.45) is 3.17. The first-order chi connectivity index (χ1) is 12.6. The summed E-state index contributed by atoms with van der Waals surface area (Å²) < 4.78 is 3.53. The molecule has 128 valence electrons. The van der Waals surface area contributed by atoms with Gasteiger partial charge in [0.25, 0.3) is 0 Å². The molecule has 0 aliphatic heterocycles. The predicted molar refractivity (Wildman–Crippen MR) is 112 cm³/mol. The van der Waals surface area contributed by atoms with Crippen LogP contribution in [0.2, 0.25) is 0 Å². The van der Waals surface area contributed by atoms with E-state index in [1.165, 1.54) is 6.08 Å². The van der Waals surface area contributed by atoms with E-state index in [1.807, 2.05) is 66.7 Å². The third kappa shape index (κ3) is 3.32. The SMILES string of the molecule is O=C(/C=C/c1ccccc1)On1c2ccc(Br)cc2c2cc(Br)ccc21. The van der Waals surface area contributed by atoms with Crippen LogP contribution in [0.15, 0.2) is 81.8 Å². The molecular weight excluding hydrogens is 458 g/mol. The minimum Gasteiger partial charge on any atom is -0.331 e. The topological polar surface area (TPSA) is 31.2 Å². The van der Waals surface area contributed by atoms with Crippen molar-refractivity contribution in [3.8, 4) is 0 Å². The first-order valence-corrected chi connectivity index (χ1v) is 9.55.